The summed E-state index contributed by atoms with van der Waals surface area (Å²) in [5, 5.41) is 11.3. The number of hydrogen-bond acceptors (Lipinski definition) is 6. The molecule has 1 amide bonds. The molecule has 0 bridgehead atoms. The quantitative estimate of drug-likeness (QED) is 0.187. The lowest BCUT2D eigenvalue weighted by molar-refractivity contribution is -0.140. The van der Waals surface area contributed by atoms with Crippen molar-refractivity contribution in [1.82, 2.24) is 9.80 Å². The summed E-state index contributed by atoms with van der Waals surface area (Å²) in [5.41, 5.74) is 1.27. The molecule has 1 heterocycles. The van der Waals surface area contributed by atoms with E-state index in [1.165, 1.54) is 0 Å². The lowest BCUT2D eigenvalue weighted by Gasteiger charge is -2.28. The molecule has 36 heavy (non-hydrogen) atoms. The second kappa shape index (κ2) is 12.9. The monoisotopic (exact) mass is 492 g/mol. The summed E-state index contributed by atoms with van der Waals surface area (Å²) in [4.78, 5) is 30.2. The number of benzene rings is 2. The fraction of sp³-hybridized carbons (Fsp3) is 0.379. The van der Waals surface area contributed by atoms with Gasteiger partial charge in [0.15, 0.2) is 0 Å². The van der Waals surface area contributed by atoms with Crippen LogP contribution in [0.15, 0.2) is 66.8 Å². The molecule has 1 N–H and O–H groups in total. The maximum absolute atomic E-state index is 13.2. The molecule has 0 aromatic heterocycles. The van der Waals surface area contributed by atoms with E-state index in [9.17, 15) is 14.7 Å². The molecule has 3 rings (SSSR count). The Kier molecular flexibility index (Phi) is 9.70. The highest BCUT2D eigenvalue weighted by Crippen LogP contribution is 2.40. The molecular weight excluding hydrogens is 456 g/mol. The lowest BCUT2D eigenvalue weighted by Crippen LogP contribution is -2.38. The SMILES string of the molecule is C=CCOc1ccc(/C(O)=C2\C(=O)C(=O)N(CCN(CC)CC)[C@H]2c2ccc(OCCC)cc2)cc1. The summed E-state index contributed by atoms with van der Waals surface area (Å²) in [6.07, 6.45) is 2.54. The molecule has 7 nitrogen and oxygen atoms in total. The fourth-order valence-corrected chi connectivity index (χ4v) is 4.23. The summed E-state index contributed by atoms with van der Waals surface area (Å²) < 4.78 is 11.2. The van der Waals surface area contributed by atoms with Gasteiger partial charge in [-0.3, -0.25) is 9.59 Å². The van der Waals surface area contributed by atoms with Gasteiger partial charge in [-0.25, -0.2) is 0 Å². The molecule has 0 saturated carbocycles. The van der Waals surface area contributed by atoms with Crippen molar-refractivity contribution in [3.8, 4) is 11.5 Å². The molecule has 7 heteroatoms. The van der Waals surface area contributed by atoms with Gasteiger partial charge in [-0.05, 0) is 61.5 Å². The van der Waals surface area contributed by atoms with Crippen LogP contribution >= 0.6 is 0 Å². The van der Waals surface area contributed by atoms with E-state index in [1.54, 1.807) is 35.2 Å². The first-order chi connectivity index (χ1) is 17.4. The van der Waals surface area contributed by atoms with Gasteiger partial charge in [0, 0.05) is 18.7 Å². The Morgan fingerprint density at radius 3 is 2.19 bits per heavy atom. The van der Waals surface area contributed by atoms with E-state index in [4.69, 9.17) is 9.47 Å². The van der Waals surface area contributed by atoms with E-state index in [0.29, 0.717) is 37.6 Å². The van der Waals surface area contributed by atoms with Crippen molar-refractivity contribution in [2.75, 3.05) is 39.4 Å². The number of aliphatic hydroxyl groups is 1. The minimum atomic E-state index is -0.697. The van der Waals surface area contributed by atoms with Crippen LogP contribution in [0.5, 0.6) is 11.5 Å². The number of rotatable bonds is 13. The highest BCUT2D eigenvalue weighted by Gasteiger charge is 2.46. The van der Waals surface area contributed by atoms with Gasteiger partial charge in [0.05, 0.1) is 18.2 Å². The molecule has 0 radical (unpaired) electrons. The second-order valence-corrected chi connectivity index (χ2v) is 8.56. The standard InChI is InChI=1S/C29H36N2O5/c1-5-19-35-23-13-9-21(10-14-23)26-25(27(32)22-11-15-24(16-12-22)36-20-6-2)28(33)29(34)31(26)18-17-30(7-3)8-4/h6,9-16,26,32H,2,5,7-8,17-20H2,1,3-4H3/b27-25+/t26-/m0/s1. The van der Waals surface area contributed by atoms with E-state index in [-0.39, 0.29) is 11.3 Å². The number of nitrogens with zero attached hydrogens (tertiary/aromatic N) is 2. The number of ketones is 1. The summed E-state index contributed by atoms with van der Waals surface area (Å²) in [5.74, 6) is -0.160. The Morgan fingerprint density at radius 2 is 1.61 bits per heavy atom. The Labute approximate surface area is 213 Å². The van der Waals surface area contributed by atoms with E-state index in [0.717, 1.165) is 30.8 Å². The van der Waals surface area contributed by atoms with Gasteiger partial charge in [0.25, 0.3) is 11.7 Å². The topological polar surface area (TPSA) is 79.3 Å². The molecule has 1 saturated heterocycles. The summed E-state index contributed by atoms with van der Waals surface area (Å²) >= 11 is 0. The normalized spacial score (nSPS) is 17.0. The summed E-state index contributed by atoms with van der Waals surface area (Å²) in [7, 11) is 0. The number of Topliss-reactive ketones (excluding diaryl/α,β-unsaturated/α-hetero) is 1. The zero-order valence-electron chi connectivity index (χ0n) is 21.4. The summed E-state index contributed by atoms with van der Waals surface area (Å²) in [6.45, 7) is 13.4. The van der Waals surface area contributed by atoms with Crippen molar-refractivity contribution in [2.45, 2.75) is 33.2 Å². The first kappa shape index (κ1) is 27.0. The molecule has 2 aromatic carbocycles. The van der Waals surface area contributed by atoms with Crippen LogP contribution in [0.1, 0.15) is 44.4 Å². The molecule has 0 aliphatic carbocycles. The zero-order valence-corrected chi connectivity index (χ0v) is 21.4. The largest absolute Gasteiger partial charge is 0.507 e. The third-order valence-corrected chi connectivity index (χ3v) is 6.26. The fourth-order valence-electron chi connectivity index (χ4n) is 4.23. The van der Waals surface area contributed by atoms with Crippen molar-refractivity contribution in [3.63, 3.8) is 0 Å². The molecule has 1 atom stereocenters. The molecule has 1 aliphatic rings. The maximum Gasteiger partial charge on any atom is 0.295 e. The molecule has 2 aromatic rings. The van der Waals surface area contributed by atoms with Crippen molar-refractivity contribution < 1.29 is 24.2 Å². The van der Waals surface area contributed by atoms with Crippen molar-refractivity contribution in [1.29, 1.82) is 0 Å². The first-order valence-electron chi connectivity index (χ1n) is 12.5. The zero-order chi connectivity index (χ0) is 26.1. The van der Waals surface area contributed by atoms with Crippen LogP contribution in [-0.4, -0.2) is 66.0 Å². The number of carbonyl (C=O) groups is 2. The minimum absolute atomic E-state index is 0.0848. The molecule has 1 aliphatic heterocycles. The van der Waals surface area contributed by atoms with Gasteiger partial charge >= 0.3 is 0 Å². The molecular formula is C29H36N2O5. The van der Waals surface area contributed by atoms with Crippen LogP contribution in [0.4, 0.5) is 0 Å². The van der Waals surface area contributed by atoms with Crippen LogP contribution in [0.2, 0.25) is 0 Å². The highest BCUT2D eigenvalue weighted by molar-refractivity contribution is 6.46. The predicted molar refractivity (Wildman–Crippen MR) is 141 cm³/mol. The van der Waals surface area contributed by atoms with E-state index < -0.39 is 17.7 Å². The van der Waals surface area contributed by atoms with Gasteiger partial charge in [0.1, 0.15) is 23.9 Å². The minimum Gasteiger partial charge on any atom is -0.507 e. The number of hydrogen-bond donors (Lipinski definition) is 1. The van der Waals surface area contributed by atoms with Crippen LogP contribution < -0.4 is 9.47 Å². The molecule has 192 valence electrons. The average molecular weight is 493 g/mol. The maximum atomic E-state index is 13.2. The number of amides is 1. The van der Waals surface area contributed by atoms with E-state index >= 15 is 0 Å². The third kappa shape index (κ3) is 6.15. The smallest absolute Gasteiger partial charge is 0.295 e. The predicted octanol–water partition coefficient (Wildman–Crippen LogP) is 4.80. The Balaban J connectivity index is 2.01. The van der Waals surface area contributed by atoms with Crippen molar-refractivity contribution in [2.24, 2.45) is 0 Å². The Morgan fingerprint density at radius 1 is 1.00 bits per heavy atom. The number of aliphatic hydroxyl groups excluding tert-OH is 1. The van der Waals surface area contributed by atoms with Crippen molar-refractivity contribution >= 4 is 17.4 Å². The first-order valence-corrected chi connectivity index (χ1v) is 12.5. The van der Waals surface area contributed by atoms with Crippen LogP contribution in [0.3, 0.4) is 0 Å². The number of likely N-dealkylation sites (tertiary alicyclic amines) is 1. The highest BCUT2D eigenvalue weighted by atomic mass is 16.5. The average Bonchev–Trinajstić information content (AvgIpc) is 3.16. The Hall–Kier alpha value is -3.58. The number of carbonyl (C=O) groups excluding carboxylic acids is 2. The van der Waals surface area contributed by atoms with Crippen LogP contribution in [0, 0.1) is 0 Å². The molecule has 0 spiro atoms. The van der Waals surface area contributed by atoms with Gasteiger partial charge in [-0.15, -0.1) is 0 Å². The van der Waals surface area contributed by atoms with Crippen LogP contribution in [0.25, 0.3) is 5.76 Å². The third-order valence-electron chi connectivity index (χ3n) is 6.26. The number of ether oxygens (including phenoxy) is 2. The molecule has 1 fully saturated rings. The Bertz CT molecular complexity index is 1070. The van der Waals surface area contributed by atoms with Gasteiger partial charge < -0.3 is 24.4 Å². The number of likely N-dealkylation sites (N-methyl/N-ethyl adjacent to an activating group) is 1. The van der Waals surface area contributed by atoms with Crippen molar-refractivity contribution in [3.05, 3.63) is 77.9 Å². The summed E-state index contributed by atoms with van der Waals surface area (Å²) in [6, 6.07) is 13.5. The van der Waals surface area contributed by atoms with Crippen LogP contribution in [-0.2, 0) is 9.59 Å². The van der Waals surface area contributed by atoms with Gasteiger partial charge in [-0.1, -0.05) is 45.6 Å². The van der Waals surface area contributed by atoms with Gasteiger partial charge in [-0.2, -0.15) is 0 Å². The lowest BCUT2D eigenvalue weighted by atomic mass is 9.95. The molecule has 0 unspecified atom stereocenters. The second-order valence-electron chi connectivity index (χ2n) is 8.56. The van der Waals surface area contributed by atoms with E-state index in [1.807, 2.05) is 31.2 Å². The van der Waals surface area contributed by atoms with E-state index in [2.05, 4.69) is 25.3 Å². The van der Waals surface area contributed by atoms with Gasteiger partial charge in [0.2, 0.25) is 0 Å².